The van der Waals surface area contributed by atoms with Gasteiger partial charge in [-0.3, -0.25) is 9.48 Å². The van der Waals surface area contributed by atoms with Gasteiger partial charge in [-0.1, -0.05) is 6.07 Å². The van der Waals surface area contributed by atoms with Crippen molar-refractivity contribution in [3.8, 4) is 5.88 Å². The van der Waals surface area contributed by atoms with Gasteiger partial charge in [0.05, 0.1) is 12.2 Å². The van der Waals surface area contributed by atoms with Gasteiger partial charge in [-0.2, -0.15) is 5.10 Å². The number of fused-ring (bicyclic) bond motifs is 1. The SMILES string of the molecule is Cn1ncc2c1CCC[C@H]2NC(=O)c1cccc(OCC(F)F)n1. The number of alkyl halides is 2. The van der Waals surface area contributed by atoms with Crippen molar-refractivity contribution >= 4 is 5.91 Å². The summed E-state index contributed by atoms with van der Waals surface area (Å²) in [6.45, 7) is -0.750. The number of aromatic nitrogens is 3. The second-order valence-corrected chi connectivity index (χ2v) is 5.65. The highest BCUT2D eigenvalue weighted by molar-refractivity contribution is 5.92. The van der Waals surface area contributed by atoms with Crippen LogP contribution in [0.1, 0.15) is 40.6 Å². The fourth-order valence-corrected chi connectivity index (χ4v) is 2.86. The number of pyridine rings is 1. The molecular weight excluding hydrogens is 318 g/mol. The number of carbonyl (C=O) groups excluding carboxylic acids is 1. The summed E-state index contributed by atoms with van der Waals surface area (Å²) in [5.41, 5.74) is 2.27. The van der Waals surface area contributed by atoms with Crippen molar-refractivity contribution in [2.45, 2.75) is 31.7 Å². The summed E-state index contributed by atoms with van der Waals surface area (Å²) in [5.74, 6) is -0.354. The highest BCUT2D eigenvalue weighted by Crippen LogP contribution is 2.29. The molecule has 2 heterocycles. The van der Waals surface area contributed by atoms with E-state index in [1.807, 2.05) is 11.7 Å². The maximum atomic E-state index is 12.4. The fraction of sp³-hybridized carbons (Fsp3) is 0.438. The molecule has 0 bridgehead atoms. The number of halogens is 2. The number of nitrogens with one attached hydrogen (secondary N) is 1. The van der Waals surface area contributed by atoms with Gasteiger partial charge in [0.2, 0.25) is 5.88 Å². The Labute approximate surface area is 137 Å². The summed E-state index contributed by atoms with van der Waals surface area (Å²) >= 11 is 0. The first-order valence-corrected chi connectivity index (χ1v) is 7.74. The zero-order valence-electron chi connectivity index (χ0n) is 13.2. The number of carbonyl (C=O) groups is 1. The van der Waals surface area contributed by atoms with E-state index in [0.29, 0.717) is 0 Å². The molecule has 2 aromatic heterocycles. The molecule has 0 aliphatic heterocycles. The predicted molar refractivity (Wildman–Crippen MR) is 82.1 cm³/mol. The Kier molecular flexibility index (Phi) is 4.73. The van der Waals surface area contributed by atoms with Crippen molar-refractivity contribution in [1.29, 1.82) is 0 Å². The summed E-state index contributed by atoms with van der Waals surface area (Å²) in [6.07, 6.45) is 1.91. The van der Waals surface area contributed by atoms with E-state index in [9.17, 15) is 13.6 Å². The molecule has 0 saturated heterocycles. The summed E-state index contributed by atoms with van der Waals surface area (Å²) in [4.78, 5) is 16.4. The third-order valence-corrected chi connectivity index (χ3v) is 3.99. The fourth-order valence-electron chi connectivity index (χ4n) is 2.86. The Morgan fingerprint density at radius 1 is 1.50 bits per heavy atom. The van der Waals surface area contributed by atoms with E-state index in [4.69, 9.17) is 4.74 Å². The van der Waals surface area contributed by atoms with Crippen LogP contribution in [0.3, 0.4) is 0 Å². The number of aryl methyl sites for hydroxylation is 1. The summed E-state index contributed by atoms with van der Waals surface area (Å²) in [6, 6.07) is 4.40. The maximum Gasteiger partial charge on any atom is 0.272 e. The molecule has 6 nitrogen and oxygen atoms in total. The monoisotopic (exact) mass is 336 g/mol. The second kappa shape index (κ2) is 6.94. The second-order valence-electron chi connectivity index (χ2n) is 5.65. The Hall–Kier alpha value is -2.51. The van der Waals surface area contributed by atoms with Crippen molar-refractivity contribution < 1.29 is 18.3 Å². The minimum absolute atomic E-state index is 0.00802. The molecule has 128 valence electrons. The van der Waals surface area contributed by atoms with Crippen LogP contribution in [0.5, 0.6) is 5.88 Å². The number of rotatable bonds is 5. The smallest absolute Gasteiger partial charge is 0.272 e. The third kappa shape index (κ3) is 3.52. The minimum atomic E-state index is -2.59. The van der Waals surface area contributed by atoms with Crippen LogP contribution >= 0.6 is 0 Å². The van der Waals surface area contributed by atoms with Crippen molar-refractivity contribution in [3.05, 3.63) is 41.3 Å². The molecule has 1 aliphatic carbocycles. The molecule has 1 aliphatic rings. The zero-order chi connectivity index (χ0) is 17.1. The normalized spacial score (nSPS) is 16.8. The lowest BCUT2D eigenvalue weighted by atomic mass is 9.93. The standard InChI is InChI=1S/C16H18F2N4O2/c1-22-13-6-2-4-11(10(13)8-19-22)21-16(23)12-5-3-7-15(20-12)24-9-14(17)18/h3,5,7-8,11,14H,2,4,6,9H2,1H3,(H,21,23)/t11-/m1/s1. The molecule has 1 atom stereocenters. The molecule has 2 aromatic rings. The molecule has 0 unspecified atom stereocenters. The van der Waals surface area contributed by atoms with Gasteiger partial charge in [0.15, 0.2) is 6.61 Å². The van der Waals surface area contributed by atoms with Crippen molar-refractivity contribution in [3.63, 3.8) is 0 Å². The first-order valence-electron chi connectivity index (χ1n) is 7.74. The number of hydrogen-bond acceptors (Lipinski definition) is 4. The first-order chi connectivity index (χ1) is 11.5. The van der Waals surface area contributed by atoms with Crippen molar-refractivity contribution in [2.24, 2.45) is 7.05 Å². The zero-order valence-corrected chi connectivity index (χ0v) is 13.2. The van der Waals surface area contributed by atoms with Gasteiger partial charge >= 0.3 is 0 Å². The van der Waals surface area contributed by atoms with E-state index in [1.165, 1.54) is 12.1 Å². The number of nitrogens with zero attached hydrogens (tertiary/aromatic N) is 3. The lowest BCUT2D eigenvalue weighted by Gasteiger charge is -2.23. The van der Waals surface area contributed by atoms with E-state index in [2.05, 4.69) is 15.4 Å². The van der Waals surface area contributed by atoms with Crippen LogP contribution in [-0.2, 0) is 13.5 Å². The van der Waals surface area contributed by atoms with Crippen LogP contribution in [0.25, 0.3) is 0 Å². The van der Waals surface area contributed by atoms with Gasteiger partial charge in [-0.15, -0.1) is 0 Å². The van der Waals surface area contributed by atoms with Crippen LogP contribution in [0.4, 0.5) is 8.78 Å². The number of ether oxygens (including phenoxy) is 1. The van der Waals surface area contributed by atoms with E-state index < -0.39 is 13.0 Å². The first kappa shape index (κ1) is 16.4. The van der Waals surface area contributed by atoms with Gasteiger partial charge in [-0.05, 0) is 25.3 Å². The van der Waals surface area contributed by atoms with Gasteiger partial charge < -0.3 is 10.1 Å². The molecule has 0 spiro atoms. The molecule has 1 N–H and O–H groups in total. The van der Waals surface area contributed by atoms with Gasteiger partial charge in [-0.25, -0.2) is 13.8 Å². The molecule has 0 radical (unpaired) electrons. The Morgan fingerprint density at radius 2 is 2.33 bits per heavy atom. The molecular formula is C16H18F2N4O2. The average molecular weight is 336 g/mol. The number of hydrogen-bond donors (Lipinski definition) is 1. The number of amides is 1. The molecule has 1 amide bonds. The highest BCUT2D eigenvalue weighted by Gasteiger charge is 2.25. The van der Waals surface area contributed by atoms with Gasteiger partial charge in [0.1, 0.15) is 5.69 Å². The van der Waals surface area contributed by atoms with E-state index in [-0.39, 0.29) is 23.5 Å². The van der Waals surface area contributed by atoms with Crippen LogP contribution in [-0.4, -0.2) is 33.7 Å². The lowest BCUT2D eigenvalue weighted by Crippen LogP contribution is -2.31. The molecule has 0 fully saturated rings. The van der Waals surface area contributed by atoms with E-state index in [1.54, 1.807) is 12.3 Å². The van der Waals surface area contributed by atoms with Gasteiger partial charge in [0, 0.05) is 24.4 Å². The Balaban J connectivity index is 1.70. The van der Waals surface area contributed by atoms with E-state index >= 15 is 0 Å². The minimum Gasteiger partial charge on any atom is -0.472 e. The molecule has 24 heavy (non-hydrogen) atoms. The topological polar surface area (TPSA) is 69.0 Å². The largest absolute Gasteiger partial charge is 0.472 e. The van der Waals surface area contributed by atoms with E-state index in [0.717, 1.165) is 30.5 Å². The quantitative estimate of drug-likeness (QED) is 0.909. The molecule has 8 heteroatoms. The summed E-state index contributed by atoms with van der Waals surface area (Å²) < 4.78 is 31.1. The molecule has 0 aromatic carbocycles. The lowest BCUT2D eigenvalue weighted by molar-refractivity contribution is 0.0792. The Morgan fingerprint density at radius 3 is 3.12 bits per heavy atom. The van der Waals surface area contributed by atoms with Crippen LogP contribution in [0, 0.1) is 0 Å². The third-order valence-electron chi connectivity index (χ3n) is 3.99. The Bertz CT molecular complexity index is 733. The van der Waals surface area contributed by atoms with Crippen LogP contribution < -0.4 is 10.1 Å². The maximum absolute atomic E-state index is 12.4. The van der Waals surface area contributed by atoms with Crippen LogP contribution in [0.15, 0.2) is 24.4 Å². The highest BCUT2D eigenvalue weighted by atomic mass is 19.3. The molecule has 0 saturated carbocycles. The predicted octanol–water partition coefficient (Wildman–Crippen LogP) is 2.27. The van der Waals surface area contributed by atoms with Crippen LogP contribution in [0.2, 0.25) is 0 Å². The average Bonchev–Trinajstić information content (AvgIpc) is 2.96. The molecule has 3 rings (SSSR count). The van der Waals surface area contributed by atoms with Crippen molar-refractivity contribution in [2.75, 3.05) is 6.61 Å². The van der Waals surface area contributed by atoms with Gasteiger partial charge in [0.25, 0.3) is 12.3 Å². The summed E-state index contributed by atoms with van der Waals surface area (Å²) in [5, 5.41) is 7.18. The summed E-state index contributed by atoms with van der Waals surface area (Å²) in [7, 11) is 1.88. The van der Waals surface area contributed by atoms with Crippen molar-refractivity contribution in [1.82, 2.24) is 20.1 Å².